The summed E-state index contributed by atoms with van der Waals surface area (Å²) < 4.78 is 13.9. The fraction of sp³-hybridized carbons (Fsp3) is 0.400. The summed E-state index contributed by atoms with van der Waals surface area (Å²) >= 11 is 5.08. The van der Waals surface area contributed by atoms with E-state index in [2.05, 4.69) is 42.0 Å². The van der Waals surface area contributed by atoms with Crippen LogP contribution in [-0.4, -0.2) is 12.0 Å². The van der Waals surface area contributed by atoms with E-state index in [-0.39, 0.29) is 11.2 Å². The van der Waals surface area contributed by atoms with E-state index in [1.165, 1.54) is 17.0 Å². The molecule has 0 spiro atoms. The fourth-order valence-corrected chi connectivity index (χ4v) is 3.99. The molecule has 0 amide bonds. The van der Waals surface area contributed by atoms with E-state index in [1.54, 1.807) is 17.4 Å². The maximum absolute atomic E-state index is 13.2. The minimum atomic E-state index is -0.247. The van der Waals surface area contributed by atoms with E-state index in [0.29, 0.717) is 0 Å². The van der Waals surface area contributed by atoms with Crippen molar-refractivity contribution in [2.75, 3.05) is 7.05 Å². The van der Waals surface area contributed by atoms with Crippen molar-refractivity contribution < 1.29 is 4.39 Å². The number of aromatic nitrogens is 1. The molecule has 0 fully saturated rings. The minimum absolute atomic E-state index is 0.00651. The van der Waals surface area contributed by atoms with Gasteiger partial charge in [-0.1, -0.05) is 20.8 Å². The lowest BCUT2D eigenvalue weighted by molar-refractivity contribution is 0.563. The van der Waals surface area contributed by atoms with Crippen LogP contribution in [-0.2, 0) is 12.0 Å². The maximum atomic E-state index is 13.2. The first-order valence-electron chi connectivity index (χ1n) is 6.43. The summed E-state index contributed by atoms with van der Waals surface area (Å²) in [5.74, 6) is -0.247. The van der Waals surface area contributed by atoms with E-state index in [1.807, 2.05) is 7.05 Å². The van der Waals surface area contributed by atoms with Crippen molar-refractivity contribution in [3.8, 4) is 10.6 Å². The second kappa shape index (κ2) is 5.92. The van der Waals surface area contributed by atoms with Crippen LogP contribution in [0.1, 0.15) is 31.3 Å². The Bertz CT molecular complexity index is 617. The normalized spacial score (nSPS) is 11.9. The molecule has 1 N–H and O–H groups in total. The Morgan fingerprint density at radius 1 is 1.35 bits per heavy atom. The Kier molecular flexibility index (Phi) is 4.62. The molecule has 20 heavy (non-hydrogen) atoms. The molecule has 0 aliphatic carbocycles. The van der Waals surface area contributed by atoms with Gasteiger partial charge in [-0.3, -0.25) is 0 Å². The van der Waals surface area contributed by atoms with E-state index >= 15 is 0 Å². The molecule has 0 atom stereocenters. The average Bonchev–Trinajstić information content (AvgIpc) is 2.73. The van der Waals surface area contributed by atoms with Gasteiger partial charge < -0.3 is 5.32 Å². The van der Waals surface area contributed by atoms with Gasteiger partial charge >= 0.3 is 0 Å². The third kappa shape index (κ3) is 3.27. The maximum Gasteiger partial charge on any atom is 0.125 e. The highest BCUT2D eigenvalue weighted by Gasteiger charge is 2.23. The molecule has 108 valence electrons. The average molecular weight is 357 g/mol. The summed E-state index contributed by atoms with van der Waals surface area (Å²) in [4.78, 5) is 6.01. The predicted octanol–water partition coefficient (Wildman–Crippen LogP) is 4.73. The molecule has 0 aliphatic rings. The molecule has 0 bridgehead atoms. The van der Waals surface area contributed by atoms with Gasteiger partial charge in [-0.2, -0.15) is 0 Å². The molecule has 0 radical (unpaired) electrons. The zero-order chi connectivity index (χ0) is 14.9. The predicted molar refractivity (Wildman–Crippen MR) is 86.7 cm³/mol. The fourth-order valence-electron chi connectivity index (χ4n) is 2.00. The van der Waals surface area contributed by atoms with E-state index in [4.69, 9.17) is 4.98 Å². The van der Waals surface area contributed by atoms with Crippen LogP contribution in [0.2, 0.25) is 0 Å². The number of thiazole rings is 1. The minimum Gasteiger partial charge on any atom is -0.315 e. The van der Waals surface area contributed by atoms with Crippen molar-refractivity contribution in [3.63, 3.8) is 0 Å². The highest BCUT2D eigenvalue weighted by Crippen LogP contribution is 2.37. The van der Waals surface area contributed by atoms with Crippen molar-refractivity contribution in [1.82, 2.24) is 10.3 Å². The molecule has 2 nitrogen and oxygen atoms in total. The summed E-state index contributed by atoms with van der Waals surface area (Å²) in [7, 11) is 1.93. The number of rotatable bonds is 3. The van der Waals surface area contributed by atoms with Crippen LogP contribution >= 0.6 is 27.3 Å². The van der Waals surface area contributed by atoms with Gasteiger partial charge in [0.1, 0.15) is 10.8 Å². The Hall–Kier alpha value is -0.780. The van der Waals surface area contributed by atoms with Crippen LogP contribution in [0.4, 0.5) is 4.39 Å². The lowest BCUT2D eigenvalue weighted by Crippen LogP contribution is -2.16. The molecule has 0 aliphatic heterocycles. The van der Waals surface area contributed by atoms with Crippen LogP contribution < -0.4 is 5.32 Å². The number of nitrogens with zero attached hydrogens (tertiary/aromatic N) is 1. The van der Waals surface area contributed by atoms with Crippen molar-refractivity contribution in [2.24, 2.45) is 0 Å². The number of nitrogens with one attached hydrogen (secondary N) is 1. The summed E-state index contributed by atoms with van der Waals surface area (Å²) in [5, 5.41) is 4.11. The quantitative estimate of drug-likeness (QED) is 0.859. The molecule has 2 aromatic rings. The van der Waals surface area contributed by atoms with Crippen molar-refractivity contribution in [1.29, 1.82) is 0 Å². The first-order valence-corrected chi connectivity index (χ1v) is 8.04. The van der Waals surface area contributed by atoms with Gasteiger partial charge in [0.05, 0.1) is 5.69 Å². The van der Waals surface area contributed by atoms with E-state index < -0.39 is 0 Å². The molecule has 5 heteroatoms. The third-order valence-electron chi connectivity index (χ3n) is 2.91. The Morgan fingerprint density at radius 3 is 2.60 bits per heavy atom. The van der Waals surface area contributed by atoms with Gasteiger partial charge in [-0.05, 0) is 41.2 Å². The SMILES string of the molecule is CNCc1sc(-c2ccc(F)cc2Br)nc1C(C)(C)C. The topological polar surface area (TPSA) is 24.9 Å². The Balaban J connectivity index is 2.53. The molecular formula is C15H18BrFN2S. The zero-order valence-electron chi connectivity index (χ0n) is 12.1. The largest absolute Gasteiger partial charge is 0.315 e. The van der Waals surface area contributed by atoms with Crippen LogP contribution in [0.5, 0.6) is 0 Å². The Morgan fingerprint density at radius 2 is 2.05 bits per heavy atom. The van der Waals surface area contributed by atoms with Crippen molar-refractivity contribution in [2.45, 2.75) is 32.7 Å². The number of benzene rings is 1. The monoisotopic (exact) mass is 356 g/mol. The Labute approximate surface area is 131 Å². The second-order valence-electron chi connectivity index (χ2n) is 5.70. The van der Waals surface area contributed by atoms with E-state index in [9.17, 15) is 4.39 Å². The summed E-state index contributed by atoms with van der Waals surface area (Å²) in [5.41, 5.74) is 2.03. The summed E-state index contributed by atoms with van der Waals surface area (Å²) in [6, 6.07) is 4.72. The smallest absolute Gasteiger partial charge is 0.125 e. The molecular weight excluding hydrogens is 339 g/mol. The van der Waals surface area contributed by atoms with Gasteiger partial charge in [-0.25, -0.2) is 9.37 Å². The van der Waals surface area contributed by atoms with Crippen LogP contribution in [0.15, 0.2) is 22.7 Å². The molecule has 0 saturated carbocycles. The summed E-state index contributed by atoms with van der Waals surface area (Å²) in [6.07, 6.45) is 0. The van der Waals surface area contributed by atoms with Crippen LogP contribution in [0, 0.1) is 5.82 Å². The van der Waals surface area contributed by atoms with Gasteiger partial charge in [0.2, 0.25) is 0 Å². The van der Waals surface area contributed by atoms with Crippen molar-refractivity contribution in [3.05, 3.63) is 39.1 Å². The highest BCUT2D eigenvalue weighted by molar-refractivity contribution is 9.10. The van der Waals surface area contributed by atoms with Gasteiger partial charge in [0.15, 0.2) is 0 Å². The third-order valence-corrected chi connectivity index (χ3v) is 4.65. The highest BCUT2D eigenvalue weighted by atomic mass is 79.9. The van der Waals surface area contributed by atoms with Gasteiger partial charge in [-0.15, -0.1) is 11.3 Å². The second-order valence-corrected chi connectivity index (χ2v) is 7.63. The number of hydrogen-bond acceptors (Lipinski definition) is 3. The lowest BCUT2D eigenvalue weighted by atomic mass is 9.91. The molecule has 1 heterocycles. The molecule has 2 rings (SSSR count). The first kappa shape index (κ1) is 15.6. The lowest BCUT2D eigenvalue weighted by Gasteiger charge is -2.17. The van der Waals surface area contributed by atoms with Gasteiger partial charge in [0.25, 0.3) is 0 Å². The first-order chi connectivity index (χ1) is 9.32. The molecule has 0 unspecified atom stereocenters. The molecule has 1 aromatic heterocycles. The number of halogens is 2. The van der Waals surface area contributed by atoms with Gasteiger partial charge in [0, 0.05) is 26.9 Å². The zero-order valence-corrected chi connectivity index (χ0v) is 14.5. The molecule has 0 saturated heterocycles. The number of hydrogen-bond donors (Lipinski definition) is 1. The standard InChI is InChI=1S/C15H18BrFN2S/c1-15(2,3)13-12(8-18-4)20-14(19-13)10-6-5-9(17)7-11(10)16/h5-7,18H,8H2,1-4H3. The van der Waals surface area contributed by atoms with Crippen LogP contribution in [0.25, 0.3) is 10.6 Å². The van der Waals surface area contributed by atoms with E-state index in [0.717, 1.165) is 27.3 Å². The van der Waals surface area contributed by atoms with Crippen molar-refractivity contribution >= 4 is 27.3 Å². The molecule has 1 aromatic carbocycles. The summed E-state index contributed by atoms with van der Waals surface area (Å²) in [6.45, 7) is 7.27. The van der Waals surface area contributed by atoms with Crippen LogP contribution in [0.3, 0.4) is 0 Å².